The summed E-state index contributed by atoms with van der Waals surface area (Å²) in [6.45, 7) is -0.288. The highest BCUT2D eigenvalue weighted by molar-refractivity contribution is 6.20. The SMILES string of the molecule is N=C1N=C(N)c2ccccc21.O=C(O)COc1ccccc1. The molecule has 0 spiro atoms. The van der Waals surface area contributed by atoms with Gasteiger partial charge in [-0.3, -0.25) is 5.41 Å². The third-order valence-electron chi connectivity index (χ3n) is 2.80. The van der Waals surface area contributed by atoms with Gasteiger partial charge in [-0.1, -0.05) is 42.5 Å². The molecule has 0 radical (unpaired) electrons. The normalized spacial score (nSPS) is 11.8. The van der Waals surface area contributed by atoms with Gasteiger partial charge in [0.15, 0.2) is 12.4 Å². The van der Waals surface area contributed by atoms with Gasteiger partial charge in [0.05, 0.1) is 0 Å². The third kappa shape index (κ3) is 3.92. The van der Waals surface area contributed by atoms with Crippen molar-refractivity contribution in [3.05, 3.63) is 65.7 Å². The number of para-hydroxylation sites is 1. The minimum Gasteiger partial charge on any atom is -0.482 e. The fourth-order valence-electron chi connectivity index (χ4n) is 1.82. The smallest absolute Gasteiger partial charge is 0.341 e. The molecule has 0 fully saturated rings. The number of amidine groups is 2. The zero-order valence-corrected chi connectivity index (χ0v) is 11.7. The highest BCUT2D eigenvalue weighted by Crippen LogP contribution is 2.15. The second-order valence-electron chi connectivity index (χ2n) is 4.39. The summed E-state index contributed by atoms with van der Waals surface area (Å²) in [5, 5.41) is 15.6. The van der Waals surface area contributed by atoms with Crippen molar-refractivity contribution in [3.63, 3.8) is 0 Å². The minimum atomic E-state index is -0.964. The lowest BCUT2D eigenvalue weighted by molar-refractivity contribution is -0.139. The fourth-order valence-corrected chi connectivity index (χ4v) is 1.82. The molecule has 0 unspecified atom stereocenters. The number of hydrogen-bond donors (Lipinski definition) is 3. The number of carbonyl (C=O) groups is 1. The lowest BCUT2D eigenvalue weighted by atomic mass is 10.1. The molecule has 0 atom stereocenters. The second-order valence-corrected chi connectivity index (χ2v) is 4.39. The Morgan fingerprint density at radius 1 is 1.09 bits per heavy atom. The highest BCUT2D eigenvalue weighted by atomic mass is 16.5. The summed E-state index contributed by atoms with van der Waals surface area (Å²) in [7, 11) is 0. The van der Waals surface area contributed by atoms with Crippen molar-refractivity contribution in [1.82, 2.24) is 0 Å². The van der Waals surface area contributed by atoms with Crippen LogP contribution in [0.3, 0.4) is 0 Å². The Kier molecular flexibility index (Phi) is 4.87. The van der Waals surface area contributed by atoms with E-state index >= 15 is 0 Å². The van der Waals surface area contributed by atoms with Crippen molar-refractivity contribution in [2.75, 3.05) is 6.61 Å². The summed E-state index contributed by atoms with van der Waals surface area (Å²) in [4.78, 5) is 13.9. The van der Waals surface area contributed by atoms with Crippen molar-refractivity contribution in [2.24, 2.45) is 10.7 Å². The molecule has 0 saturated carbocycles. The van der Waals surface area contributed by atoms with Gasteiger partial charge in [-0.2, -0.15) is 0 Å². The Morgan fingerprint density at radius 2 is 1.68 bits per heavy atom. The van der Waals surface area contributed by atoms with E-state index in [0.29, 0.717) is 11.6 Å². The van der Waals surface area contributed by atoms with Crippen LogP contribution in [0.5, 0.6) is 5.75 Å². The fraction of sp³-hybridized carbons (Fsp3) is 0.0625. The predicted molar refractivity (Wildman–Crippen MR) is 83.6 cm³/mol. The largest absolute Gasteiger partial charge is 0.482 e. The maximum atomic E-state index is 10.0. The van der Waals surface area contributed by atoms with Gasteiger partial charge in [0.2, 0.25) is 0 Å². The van der Waals surface area contributed by atoms with Gasteiger partial charge in [0.25, 0.3) is 0 Å². The standard InChI is InChI=1S/C8H7N3.C8H8O3/c9-7-5-3-1-2-4-6(5)8(10)11-7;9-8(10)6-11-7-4-2-1-3-5-7/h1-4H,(H3,9,10,11);1-5H,6H2,(H,9,10). The molecule has 0 saturated heterocycles. The maximum Gasteiger partial charge on any atom is 0.341 e. The van der Waals surface area contributed by atoms with Crippen LogP contribution < -0.4 is 10.5 Å². The van der Waals surface area contributed by atoms with Gasteiger partial charge in [-0.25, -0.2) is 9.79 Å². The molecule has 1 heterocycles. The van der Waals surface area contributed by atoms with E-state index in [1.165, 1.54) is 0 Å². The van der Waals surface area contributed by atoms with Crippen LogP contribution in [-0.2, 0) is 4.79 Å². The van der Waals surface area contributed by atoms with Crippen LogP contribution in [-0.4, -0.2) is 29.4 Å². The first kappa shape index (κ1) is 15.2. The molecular formula is C16H15N3O3. The number of rotatable bonds is 3. The summed E-state index contributed by atoms with van der Waals surface area (Å²) < 4.78 is 4.87. The molecule has 112 valence electrons. The molecule has 0 bridgehead atoms. The molecular weight excluding hydrogens is 282 g/mol. The Bertz CT molecular complexity index is 712. The van der Waals surface area contributed by atoms with Crippen molar-refractivity contribution >= 4 is 17.6 Å². The van der Waals surface area contributed by atoms with Gasteiger partial charge < -0.3 is 15.6 Å². The maximum absolute atomic E-state index is 10.0. The van der Waals surface area contributed by atoms with Gasteiger partial charge in [-0.15, -0.1) is 0 Å². The lowest BCUT2D eigenvalue weighted by Gasteiger charge is -2.00. The number of nitrogens with zero attached hydrogens (tertiary/aromatic N) is 1. The monoisotopic (exact) mass is 297 g/mol. The number of nitrogens with two attached hydrogens (primary N) is 1. The summed E-state index contributed by atoms with van der Waals surface area (Å²) >= 11 is 0. The van der Waals surface area contributed by atoms with E-state index < -0.39 is 5.97 Å². The van der Waals surface area contributed by atoms with E-state index in [0.717, 1.165) is 11.1 Å². The first-order valence-electron chi connectivity index (χ1n) is 6.50. The van der Waals surface area contributed by atoms with Gasteiger partial charge in [0.1, 0.15) is 11.6 Å². The van der Waals surface area contributed by atoms with Crippen LogP contribution in [0.25, 0.3) is 0 Å². The third-order valence-corrected chi connectivity index (χ3v) is 2.80. The van der Waals surface area contributed by atoms with Crippen molar-refractivity contribution in [3.8, 4) is 5.75 Å². The van der Waals surface area contributed by atoms with E-state index in [1.807, 2.05) is 30.3 Å². The van der Waals surface area contributed by atoms with Crippen molar-refractivity contribution in [1.29, 1.82) is 5.41 Å². The van der Waals surface area contributed by atoms with Gasteiger partial charge >= 0.3 is 5.97 Å². The highest BCUT2D eigenvalue weighted by Gasteiger charge is 2.16. The number of aliphatic carboxylic acids is 1. The zero-order chi connectivity index (χ0) is 15.9. The zero-order valence-electron chi connectivity index (χ0n) is 11.7. The molecule has 2 aromatic rings. The molecule has 0 aliphatic carbocycles. The molecule has 0 aromatic heterocycles. The molecule has 3 rings (SSSR count). The molecule has 1 aliphatic heterocycles. The molecule has 1 aliphatic rings. The van der Waals surface area contributed by atoms with E-state index in [1.54, 1.807) is 24.3 Å². The summed E-state index contributed by atoms with van der Waals surface area (Å²) in [5.74, 6) is 0.326. The lowest BCUT2D eigenvalue weighted by Crippen LogP contribution is -2.09. The van der Waals surface area contributed by atoms with Crippen LogP contribution >= 0.6 is 0 Å². The first-order valence-corrected chi connectivity index (χ1v) is 6.50. The number of nitrogens with one attached hydrogen (secondary N) is 1. The van der Waals surface area contributed by atoms with Crippen LogP contribution in [0, 0.1) is 5.41 Å². The van der Waals surface area contributed by atoms with E-state index in [2.05, 4.69) is 4.99 Å². The number of hydrogen-bond acceptors (Lipinski definition) is 4. The molecule has 6 nitrogen and oxygen atoms in total. The summed E-state index contributed by atoms with van der Waals surface area (Å²) in [5.41, 5.74) is 7.24. The average molecular weight is 297 g/mol. The molecule has 4 N–H and O–H groups in total. The molecule has 22 heavy (non-hydrogen) atoms. The number of aliphatic imine (C=N–C) groups is 1. The number of benzene rings is 2. The van der Waals surface area contributed by atoms with Crippen LogP contribution in [0.15, 0.2) is 59.6 Å². The molecule has 6 heteroatoms. The number of carboxylic acid groups (broad SMARTS) is 1. The number of carboxylic acids is 1. The van der Waals surface area contributed by atoms with Gasteiger partial charge in [0, 0.05) is 11.1 Å². The Morgan fingerprint density at radius 3 is 2.27 bits per heavy atom. The topological polar surface area (TPSA) is 109 Å². The summed E-state index contributed by atoms with van der Waals surface area (Å²) in [6, 6.07) is 16.3. The minimum absolute atomic E-state index is 0.262. The Labute approximate surface area is 127 Å². The van der Waals surface area contributed by atoms with Crippen LogP contribution in [0.2, 0.25) is 0 Å². The van der Waals surface area contributed by atoms with Crippen LogP contribution in [0.4, 0.5) is 0 Å². The number of fused-ring (bicyclic) bond motifs is 1. The van der Waals surface area contributed by atoms with E-state index in [-0.39, 0.29) is 12.4 Å². The quantitative estimate of drug-likeness (QED) is 0.803. The molecule has 0 amide bonds. The van der Waals surface area contributed by atoms with E-state index in [9.17, 15) is 4.79 Å². The number of ether oxygens (including phenoxy) is 1. The average Bonchev–Trinajstić information content (AvgIpc) is 2.82. The van der Waals surface area contributed by atoms with Gasteiger partial charge in [-0.05, 0) is 12.1 Å². The van der Waals surface area contributed by atoms with Crippen molar-refractivity contribution in [2.45, 2.75) is 0 Å². The second kappa shape index (κ2) is 7.03. The first-order chi connectivity index (χ1) is 10.6. The Hall–Kier alpha value is -3.15. The Balaban J connectivity index is 0.000000160. The summed E-state index contributed by atoms with van der Waals surface area (Å²) in [6.07, 6.45) is 0. The van der Waals surface area contributed by atoms with Crippen LogP contribution in [0.1, 0.15) is 11.1 Å². The van der Waals surface area contributed by atoms with E-state index in [4.69, 9.17) is 21.0 Å². The molecule has 2 aromatic carbocycles. The predicted octanol–water partition coefficient (Wildman–Crippen LogP) is 1.88. The van der Waals surface area contributed by atoms with Crippen molar-refractivity contribution < 1.29 is 14.6 Å².